The van der Waals surface area contributed by atoms with Crippen LogP contribution in [0.5, 0.6) is 0 Å². The largest absolute Gasteiger partial charge is 0.348 e. The maximum absolute atomic E-state index is 12.2. The van der Waals surface area contributed by atoms with Gasteiger partial charge < -0.3 is 10.6 Å². The van der Waals surface area contributed by atoms with Crippen LogP contribution in [0.25, 0.3) is 0 Å². The number of urea groups is 1. The number of carbonyl (C=O) groups excluding carboxylic acids is 3. The van der Waals surface area contributed by atoms with Crippen LogP contribution in [-0.4, -0.2) is 29.4 Å². The van der Waals surface area contributed by atoms with Crippen LogP contribution in [0.4, 0.5) is 4.79 Å². The van der Waals surface area contributed by atoms with Crippen molar-refractivity contribution in [3.63, 3.8) is 0 Å². The number of rotatable bonds is 2. The monoisotopic (exact) mass is 267 g/mol. The zero-order chi connectivity index (χ0) is 14.3. The summed E-state index contributed by atoms with van der Waals surface area (Å²) < 4.78 is 0. The van der Waals surface area contributed by atoms with Crippen LogP contribution in [0.1, 0.15) is 46.5 Å². The molecule has 2 rings (SSSR count). The standard InChI is InChI=1S/C13H21N3O3/c1-12(2,3)13(6-7-13)16-10(18)8-4-5-9(17)15-11(19)14-8/h8H,4-7H2,1-3H3,(H,16,18)(H2,14,15,17,19)/t8-/m1/s1. The van der Waals surface area contributed by atoms with Crippen molar-refractivity contribution in [3.8, 4) is 0 Å². The summed E-state index contributed by atoms with van der Waals surface area (Å²) >= 11 is 0. The van der Waals surface area contributed by atoms with E-state index in [1.807, 2.05) is 0 Å². The summed E-state index contributed by atoms with van der Waals surface area (Å²) in [5.74, 6) is -0.540. The molecular weight excluding hydrogens is 246 g/mol. The van der Waals surface area contributed by atoms with Crippen LogP contribution in [0.3, 0.4) is 0 Å². The summed E-state index contributed by atoms with van der Waals surface area (Å²) in [7, 11) is 0. The third-order valence-corrected chi connectivity index (χ3v) is 4.08. The lowest BCUT2D eigenvalue weighted by Crippen LogP contribution is -2.54. The van der Waals surface area contributed by atoms with E-state index in [1.54, 1.807) is 0 Å². The van der Waals surface area contributed by atoms with Gasteiger partial charge in [0.2, 0.25) is 11.8 Å². The predicted octanol–water partition coefficient (Wildman–Crippen LogP) is 0.670. The first-order valence-electron chi connectivity index (χ1n) is 6.66. The van der Waals surface area contributed by atoms with E-state index in [1.165, 1.54) is 0 Å². The average Bonchev–Trinajstić information content (AvgIpc) is 3.04. The average molecular weight is 267 g/mol. The predicted molar refractivity (Wildman–Crippen MR) is 69.3 cm³/mol. The normalized spacial score (nSPS) is 25.9. The number of nitrogens with one attached hydrogen (secondary N) is 3. The van der Waals surface area contributed by atoms with Crippen LogP contribution in [0.2, 0.25) is 0 Å². The summed E-state index contributed by atoms with van der Waals surface area (Å²) in [6.07, 6.45) is 2.43. The van der Waals surface area contributed by atoms with Gasteiger partial charge in [-0.25, -0.2) is 4.79 Å². The van der Waals surface area contributed by atoms with Gasteiger partial charge >= 0.3 is 6.03 Å². The lowest BCUT2D eigenvalue weighted by molar-refractivity contribution is -0.125. The summed E-state index contributed by atoms with van der Waals surface area (Å²) in [5, 5.41) is 7.74. The second-order valence-electron chi connectivity index (χ2n) is 6.43. The summed E-state index contributed by atoms with van der Waals surface area (Å²) in [6.45, 7) is 6.28. The van der Waals surface area contributed by atoms with Gasteiger partial charge in [-0.05, 0) is 24.7 Å². The molecule has 0 radical (unpaired) electrons. The molecule has 1 atom stereocenters. The minimum atomic E-state index is -0.633. The highest BCUT2D eigenvalue weighted by Gasteiger charge is 2.53. The molecule has 0 aromatic heterocycles. The van der Waals surface area contributed by atoms with Crippen LogP contribution >= 0.6 is 0 Å². The van der Waals surface area contributed by atoms with Crippen molar-refractivity contribution in [2.24, 2.45) is 5.41 Å². The van der Waals surface area contributed by atoms with Crippen molar-refractivity contribution in [2.75, 3.05) is 0 Å². The molecule has 0 aromatic carbocycles. The fraction of sp³-hybridized carbons (Fsp3) is 0.769. The molecule has 0 bridgehead atoms. The van der Waals surface area contributed by atoms with Gasteiger partial charge in [0.05, 0.1) is 0 Å². The van der Waals surface area contributed by atoms with E-state index in [2.05, 4.69) is 36.7 Å². The Morgan fingerprint density at radius 1 is 1.32 bits per heavy atom. The molecule has 0 spiro atoms. The zero-order valence-electron chi connectivity index (χ0n) is 11.6. The second-order valence-corrected chi connectivity index (χ2v) is 6.43. The molecule has 106 valence electrons. The van der Waals surface area contributed by atoms with Crippen LogP contribution in [0, 0.1) is 5.41 Å². The van der Waals surface area contributed by atoms with Crippen LogP contribution in [-0.2, 0) is 9.59 Å². The Kier molecular flexibility index (Phi) is 3.28. The highest BCUT2D eigenvalue weighted by Crippen LogP contribution is 2.49. The second kappa shape index (κ2) is 4.51. The van der Waals surface area contributed by atoms with E-state index >= 15 is 0 Å². The number of imide groups is 1. The molecule has 2 fully saturated rings. The Balaban J connectivity index is 2.00. The van der Waals surface area contributed by atoms with Crippen molar-refractivity contribution in [1.82, 2.24) is 16.0 Å². The first-order chi connectivity index (χ1) is 8.73. The van der Waals surface area contributed by atoms with Crippen molar-refractivity contribution in [2.45, 2.75) is 58.0 Å². The number of amides is 4. The maximum Gasteiger partial charge on any atom is 0.322 e. The maximum atomic E-state index is 12.2. The van der Waals surface area contributed by atoms with Gasteiger partial charge in [0.1, 0.15) is 6.04 Å². The summed E-state index contributed by atoms with van der Waals surface area (Å²) in [5.41, 5.74) is -0.177. The van der Waals surface area contributed by atoms with Crippen molar-refractivity contribution in [3.05, 3.63) is 0 Å². The quantitative estimate of drug-likeness (QED) is 0.687. The molecule has 1 heterocycles. The summed E-state index contributed by atoms with van der Waals surface area (Å²) in [4.78, 5) is 34.8. The lowest BCUT2D eigenvalue weighted by Gasteiger charge is -2.33. The van der Waals surface area contributed by atoms with E-state index in [0.29, 0.717) is 6.42 Å². The van der Waals surface area contributed by atoms with E-state index in [4.69, 9.17) is 0 Å². The van der Waals surface area contributed by atoms with Gasteiger partial charge in [-0.3, -0.25) is 14.9 Å². The molecule has 0 aromatic rings. The molecule has 3 N–H and O–H groups in total. The Hall–Kier alpha value is -1.59. The van der Waals surface area contributed by atoms with Gasteiger partial charge in [-0.1, -0.05) is 20.8 Å². The highest BCUT2D eigenvalue weighted by molar-refractivity contribution is 5.98. The van der Waals surface area contributed by atoms with Gasteiger partial charge in [-0.15, -0.1) is 0 Å². The zero-order valence-corrected chi connectivity index (χ0v) is 11.6. The highest BCUT2D eigenvalue weighted by atomic mass is 16.2. The van der Waals surface area contributed by atoms with Crippen molar-refractivity contribution < 1.29 is 14.4 Å². The van der Waals surface area contributed by atoms with E-state index < -0.39 is 12.1 Å². The third kappa shape index (κ3) is 2.88. The number of hydrogen-bond donors (Lipinski definition) is 3. The Bertz CT molecular complexity index is 421. The topological polar surface area (TPSA) is 87.3 Å². The smallest absolute Gasteiger partial charge is 0.322 e. The van der Waals surface area contributed by atoms with Gasteiger partial charge in [0.15, 0.2) is 0 Å². The molecule has 2 aliphatic rings. The van der Waals surface area contributed by atoms with Crippen molar-refractivity contribution >= 4 is 17.8 Å². The molecule has 1 saturated carbocycles. The Morgan fingerprint density at radius 3 is 2.47 bits per heavy atom. The molecule has 1 saturated heterocycles. The van der Waals surface area contributed by atoms with Crippen LogP contribution < -0.4 is 16.0 Å². The van der Waals surface area contributed by atoms with E-state index in [9.17, 15) is 14.4 Å². The Morgan fingerprint density at radius 2 is 1.95 bits per heavy atom. The van der Waals surface area contributed by atoms with E-state index in [0.717, 1.165) is 12.8 Å². The molecular formula is C13H21N3O3. The third-order valence-electron chi connectivity index (χ3n) is 4.08. The molecule has 6 heteroatoms. The summed E-state index contributed by atoms with van der Waals surface area (Å²) in [6, 6.07) is -1.23. The van der Waals surface area contributed by atoms with Gasteiger partial charge in [0, 0.05) is 12.0 Å². The molecule has 4 amide bonds. The number of carbonyl (C=O) groups is 3. The van der Waals surface area contributed by atoms with Crippen LogP contribution in [0.15, 0.2) is 0 Å². The SMILES string of the molecule is CC(C)(C)C1(NC(=O)[C@H]2CCC(=O)NC(=O)N2)CC1. The lowest BCUT2D eigenvalue weighted by atomic mass is 9.84. The molecule has 1 aliphatic carbocycles. The first kappa shape index (κ1) is 13.8. The molecule has 6 nitrogen and oxygen atoms in total. The minimum absolute atomic E-state index is 0.00846. The minimum Gasteiger partial charge on any atom is -0.348 e. The Labute approximate surface area is 112 Å². The number of hydrogen-bond acceptors (Lipinski definition) is 3. The van der Waals surface area contributed by atoms with Gasteiger partial charge in [0.25, 0.3) is 0 Å². The van der Waals surface area contributed by atoms with Gasteiger partial charge in [-0.2, -0.15) is 0 Å². The first-order valence-corrected chi connectivity index (χ1v) is 6.66. The molecule has 0 unspecified atom stereocenters. The van der Waals surface area contributed by atoms with E-state index in [-0.39, 0.29) is 29.2 Å². The fourth-order valence-electron chi connectivity index (χ4n) is 2.44. The molecule has 1 aliphatic heterocycles. The molecule has 19 heavy (non-hydrogen) atoms. The fourth-order valence-corrected chi connectivity index (χ4v) is 2.44. The van der Waals surface area contributed by atoms with Crippen molar-refractivity contribution in [1.29, 1.82) is 0 Å².